The first kappa shape index (κ1) is 25.2. The molecule has 2 unspecified atom stereocenters. The molecule has 1 aromatic carbocycles. The first-order chi connectivity index (χ1) is 16.6. The number of hydrogen-bond donors (Lipinski definition) is 2. The van der Waals surface area contributed by atoms with Gasteiger partial charge in [0, 0.05) is 29.3 Å². The van der Waals surface area contributed by atoms with Crippen LogP contribution in [0.15, 0.2) is 35.7 Å². The molecule has 6 nitrogen and oxygen atoms in total. The van der Waals surface area contributed by atoms with Crippen LogP contribution in [0, 0.1) is 5.92 Å². The van der Waals surface area contributed by atoms with Crippen molar-refractivity contribution in [2.45, 2.75) is 70.1 Å². The summed E-state index contributed by atoms with van der Waals surface area (Å²) in [6, 6.07) is 7.70. The quantitative estimate of drug-likeness (QED) is 0.394. The number of carbonyl (C=O) groups excluding carboxylic acids is 1. The van der Waals surface area contributed by atoms with Crippen LogP contribution in [0.3, 0.4) is 0 Å². The van der Waals surface area contributed by atoms with Crippen LogP contribution in [0.1, 0.15) is 72.6 Å². The number of amides is 1. The third-order valence-corrected chi connectivity index (χ3v) is 7.53. The van der Waals surface area contributed by atoms with Gasteiger partial charge < -0.3 is 15.0 Å². The Labute approximate surface area is 205 Å². The number of thiophene rings is 1. The van der Waals surface area contributed by atoms with E-state index in [1.165, 1.54) is 11.3 Å². The number of carboxylic acids is 1. The fraction of sp³-hybridized carbons (Fsp3) is 0.480. The maximum Gasteiger partial charge on any atom is 0.389 e. The normalized spacial score (nSPS) is 19.5. The Morgan fingerprint density at radius 1 is 1.26 bits per heavy atom. The molecule has 1 fully saturated rings. The second-order valence-corrected chi connectivity index (χ2v) is 10.2. The topological polar surface area (TPSA) is 84.2 Å². The smallest absolute Gasteiger partial charge is 0.389 e. The van der Waals surface area contributed by atoms with Crippen LogP contribution in [-0.2, 0) is 11.2 Å². The van der Waals surface area contributed by atoms with Gasteiger partial charge in [0.25, 0.3) is 5.91 Å². The highest BCUT2D eigenvalue weighted by Gasteiger charge is 2.32. The van der Waals surface area contributed by atoms with Gasteiger partial charge in [-0.2, -0.15) is 13.2 Å². The Kier molecular flexibility index (Phi) is 7.49. The number of nitrogens with zero attached hydrogens (tertiary/aromatic N) is 2. The van der Waals surface area contributed by atoms with Crippen molar-refractivity contribution < 1.29 is 27.9 Å². The molecule has 2 heterocycles. The van der Waals surface area contributed by atoms with Gasteiger partial charge in [-0.3, -0.25) is 4.79 Å². The molecule has 10 heteroatoms. The molecule has 4 rings (SSSR count). The summed E-state index contributed by atoms with van der Waals surface area (Å²) in [5.74, 6) is -0.845. The number of carbonyl (C=O) groups is 2. The van der Waals surface area contributed by atoms with E-state index in [1.807, 2.05) is 17.5 Å². The molecular weight excluding hydrogens is 479 g/mol. The lowest BCUT2D eigenvalue weighted by molar-refractivity contribution is -0.145. The van der Waals surface area contributed by atoms with Crippen molar-refractivity contribution in [2.24, 2.45) is 5.92 Å². The summed E-state index contributed by atoms with van der Waals surface area (Å²) in [6.45, 7) is 2.25. The van der Waals surface area contributed by atoms with Gasteiger partial charge in [-0.15, -0.1) is 11.3 Å². The van der Waals surface area contributed by atoms with Gasteiger partial charge in [-0.1, -0.05) is 25.8 Å². The average molecular weight is 508 g/mol. The fourth-order valence-corrected chi connectivity index (χ4v) is 5.54. The zero-order chi connectivity index (χ0) is 25.2. The Bertz CT molecular complexity index is 1190. The molecule has 2 aromatic heterocycles. The highest BCUT2D eigenvalue weighted by molar-refractivity contribution is 7.09. The predicted octanol–water partition coefficient (Wildman–Crippen LogP) is 5.97. The van der Waals surface area contributed by atoms with E-state index in [2.05, 4.69) is 22.9 Å². The Hall–Kier alpha value is -2.88. The molecule has 188 valence electrons. The number of aromatic nitrogens is 2. The number of alkyl halides is 3. The zero-order valence-electron chi connectivity index (χ0n) is 19.3. The predicted molar refractivity (Wildman–Crippen MR) is 128 cm³/mol. The molecule has 3 aromatic rings. The summed E-state index contributed by atoms with van der Waals surface area (Å²) in [7, 11) is 0. The van der Waals surface area contributed by atoms with E-state index in [9.17, 15) is 27.9 Å². The second kappa shape index (κ2) is 10.4. The first-order valence-corrected chi connectivity index (χ1v) is 12.6. The largest absolute Gasteiger partial charge is 0.480 e. The summed E-state index contributed by atoms with van der Waals surface area (Å²) >= 11 is 1.65. The van der Waals surface area contributed by atoms with Crippen molar-refractivity contribution >= 4 is 34.2 Å². The third-order valence-electron chi connectivity index (χ3n) is 6.65. The number of imidazole rings is 1. The number of halogens is 3. The van der Waals surface area contributed by atoms with Crippen LogP contribution in [0.2, 0.25) is 0 Å². The van der Waals surface area contributed by atoms with Gasteiger partial charge in [-0.05, 0) is 54.8 Å². The lowest BCUT2D eigenvalue weighted by Gasteiger charge is -2.31. The Morgan fingerprint density at radius 3 is 2.69 bits per heavy atom. The summed E-state index contributed by atoms with van der Waals surface area (Å²) in [6.07, 6.45) is -1.33. The molecule has 0 saturated heterocycles. The lowest BCUT2D eigenvalue weighted by Crippen LogP contribution is -2.41. The molecule has 1 aliphatic rings. The molecule has 2 N–H and O–H groups in total. The van der Waals surface area contributed by atoms with Crippen LogP contribution in [0.4, 0.5) is 13.2 Å². The molecule has 1 saturated carbocycles. The van der Waals surface area contributed by atoms with Gasteiger partial charge in [0.05, 0.1) is 11.0 Å². The average Bonchev–Trinajstić information content (AvgIpc) is 3.43. The molecule has 35 heavy (non-hydrogen) atoms. The minimum Gasteiger partial charge on any atom is -0.480 e. The highest BCUT2D eigenvalue weighted by atomic mass is 32.1. The summed E-state index contributed by atoms with van der Waals surface area (Å²) < 4.78 is 39.9. The zero-order valence-corrected chi connectivity index (χ0v) is 20.2. The van der Waals surface area contributed by atoms with E-state index >= 15 is 0 Å². The standard InChI is InChI=1S/C25H28F3N3O3S/c1-15-5-2-3-7-20(15)31-21-9-8-16(13-19(21)29-22(31)14-17-6-4-12-35-17)23(32)30-18(24(33)34)10-11-25(26,27)28/h4,6,8-9,12-13,15,18,20H,2-3,5,7,10-11,14H2,1H3,(H,30,32)(H,33,34)/t15-,18?,20?/m1/s1. The maximum absolute atomic E-state index is 12.7. The number of benzene rings is 1. The molecule has 0 spiro atoms. The van der Waals surface area contributed by atoms with Gasteiger partial charge in [-0.25, -0.2) is 9.78 Å². The highest BCUT2D eigenvalue weighted by Crippen LogP contribution is 2.37. The number of hydrogen-bond acceptors (Lipinski definition) is 4. The van der Waals surface area contributed by atoms with Gasteiger partial charge in [0.1, 0.15) is 11.9 Å². The molecule has 0 aliphatic heterocycles. The minimum absolute atomic E-state index is 0.166. The number of nitrogens with one attached hydrogen (secondary N) is 1. The van der Waals surface area contributed by atoms with Crippen LogP contribution in [0.5, 0.6) is 0 Å². The van der Waals surface area contributed by atoms with E-state index in [1.54, 1.807) is 23.5 Å². The maximum atomic E-state index is 12.7. The Morgan fingerprint density at radius 2 is 2.03 bits per heavy atom. The summed E-state index contributed by atoms with van der Waals surface area (Å²) in [5.41, 5.74) is 1.68. The van der Waals surface area contributed by atoms with Crippen molar-refractivity contribution in [3.05, 3.63) is 52.0 Å². The van der Waals surface area contributed by atoms with E-state index in [0.29, 0.717) is 23.9 Å². The van der Waals surface area contributed by atoms with Crippen LogP contribution < -0.4 is 5.32 Å². The van der Waals surface area contributed by atoms with E-state index < -0.39 is 36.9 Å². The lowest BCUT2D eigenvalue weighted by atomic mass is 9.85. The van der Waals surface area contributed by atoms with Crippen molar-refractivity contribution in [2.75, 3.05) is 0 Å². The molecular formula is C25H28F3N3O3S. The number of fused-ring (bicyclic) bond motifs is 1. The summed E-state index contributed by atoms with van der Waals surface area (Å²) in [4.78, 5) is 30.2. The van der Waals surface area contributed by atoms with Crippen molar-refractivity contribution in [3.63, 3.8) is 0 Å². The van der Waals surface area contributed by atoms with E-state index in [-0.39, 0.29) is 5.56 Å². The van der Waals surface area contributed by atoms with Crippen molar-refractivity contribution in [3.8, 4) is 0 Å². The number of carboxylic acid groups (broad SMARTS) is 1. The van der Waals surface area contributed by atoms with E-state index in [0.717, 1.165) is 30.6 Å². The van der Waals surface area contributed by atoms with Gasteiger partial charge in [0.15, 0.2) is 0 Å². The monoisotopic (exact) mass is 507 g/mol. The summed E-state index contributed by atoms with van der Waals surface area (Å²) in [5, 5.41) is 13.5. The Balaban J connectivity index is 1.63. The SMILES string of the molecule is C[C@@H]1CCCCC1n1c(Cc2cccs2)nc2cc(C(=O)NC(CCC(F)(F)F)C(=O)O)ccc21. The van der Waals surface area contributed by atoms with Crippen LogP contribution >= 0.6 is 11.3 Å². The number of aliphatic carboxylic acids is 1. The molecule has 3 atom stereocenters. The number of rotatable bonds is 8. The van der Waals surface area contributed by atoms with Gasteiger partial charge in [0.2, 0.25) is 0 Å². The van der Waals surface area contributed by atoms with Gasteiger partial charge >= 0.3 is 12.1 Å². The first-order valence-electron chi connectivity index (χ1n) is 11.8. The molecule has 1 aliphatic carbocycles. The van der Waals surface area contributed by atoms with Crippen molar-refractivity contribution in [1.29, 1.82) is 0 Å². The second-order valence-electron chi connectivity index (χ2n) is 9.20. The van der Waals surface area contributed by atoms with Crippen LogP contribution in [0.25, 0.3) is 11.0 Å². The molecule has 0 radical (unpaired) electrons. The van der Waals surface area contributed by atoms with Crippen LogP contribution in [-0.4, -0.2) is 38.8 Å². The fourth-order valence-electron chi connectivity index (χ4n) is 4.84. The third kappa shape index (κ3) is 6.04. The minimum atomic E-state index is -4.50. The molecule has 0 bridgehead atoms. The van der Waals surface area contributed by atoms with Crippen molar-refractivity contribution in [1.82, 2.24) is 14.9 Å². The van der Waals surface area contributed by atoms with E-state index in [4.69, 9.17) is 4.98 Å². The molecule has 1 amide bonds.